The van der Waals surface area contributed by atoms with E-state index in [1.54, 1.807) is 36.4 Å². The molecule has 0 saturated carbocycles. The molecule has 20 heavy (non-hydrogen) atoms. The predicted octanol–water partition coefficient (Wildman–Crippen LogP) is 2.34. The highest BCUT2D eigenvalue weighted by Crippen LogP contribution is 2.21. The first-order valence-electron chi connectivity index (χ1n) is 6.29. The number of rotatable bonds is 5. The fraction of sp³-hybridized carbons (Fsp3) is 0.214. The molecule has 1 N–H and O–H groups in total. The molecule has 5 nitrogen and oxygen atoms in total. The summed E-state index contributed by atoms with van der Waals surface area (Å²) < 4.78 is 26.2. The van der Waals surface area contributed by atoms with E-state index >= 15 is 0 Å². The number of nitrogens with one attached hydrogen (secondary N) is 1. The third-order valence-electron chi connectivity index (χ3n) is 2.87. The Morgan fingerprint density at radius 1 is 1.15 bits per heavy atom. The molecule has 0 spiro atoms. The maximum atomic E-state index is 12.5. The van der Waals surface area contributed by atoms with Crippen molar-refractivity contribution in [2.75, 3.05) is 23.2 Å². The quantitative estimate of drug-likeness (QED) is 0.918. The normalized spacial score (nSPS) is 11.1. The summed E-state index contributed by atoms with van der Waals surface area (Å²) in [6.07, 6.45) is 1.37. The number of pyridine rings is 1. The molecule has 106 valence electrons. The lowest BCUT2D eigenvalue weighted by Crippen LogP contribution is -2.26. The average molecular weight is 291 g/mol. The van der Waals surface area contributed by atoms with Gasteiger partial charge >= 0.3 is 0 Å². The second kappa shape index (κ2) is 5.92. The summed E-state index contributed by atoms with van der Waals surface area (Å²) >= 11 is 0. The van der Waals surface area contributed by atoms with Crippen molar-refractivity contribution in [3.8, 4) is 0 Å². The van der Waals surface area contributed by atoms with Crippen molar-refractivity contribution >= 4 is 21.5 Å². The Morgan fingerprint density at radius 2 is 1.85 bits per heavy atom. The molecule has 1 aromatic heterocycles. The second-order valence-electron chi connectivity index (χ2n) is 4.22. The predicted molar refractivity (Wildman–Crippen MR) is 80.4 cm³/mol. The number of nitrogens with zero attached hydrogens (tertiary/aromatic N) is 2. The fourth-order valence-electron chi connectivity index (χ4n) is 1.75. The maximum absolute atomic E-state index is 12.5. The first-order chi connectivity index (χ1) is 9.55. The van der Waals surface area contributed by atoms with Crippen LogP contribution >= 0.6 is 0 Å². The van der Waals surface area contributed by atoms with E-state index < -0.39 is 10.0 Å². The van der Waals surface area contributed by atoms with E-state index in [9.17, 15) is 8.42 Å². The summed E-state index contributed by atoms with van der Waals surface area (Å²) in [6, 6.07) is 12.2. The summed E-state index contributed by atoms with van der Waals surface area (Å²) in [5.74, 6) is 0.661. The molecule has 0 aliphatic rings. The second-order valence-corrected chi connectivity index (χ2v) is 6.19. The van der Waals surface area contributed by atoms with Crippen LogP contribution in [-0.4, -0.2) is 27.0 Å². The topological polar surface area (TPSA) is 62.3 Å². The van der Waals surface area contributed by atoms with Crippen LogP contribution in [-0.2, 0) is 10.0 Å². The largest absolute Gasteiger partial charge is 0.370 e. The van der Waals surface area contributed by atoms with E-state index in [0.29, 0.717) is 11.5 Å². The van der Waals surface area contributed by atoms with Gasteiger partial charge in [0.15, 0.2) is 0 Å². The van der Waals surface area contributed by atoms with Crippen LogP contribution in [0.3, 0.4) is 0 Å². The maximum Gasteiger partial charge on any atom is 0.265 e. The van der Waals surface area contributed by atoms with Crippen molar-refractivity contribution in [3.63, 3.8) is 0 Å². The molecule has 0 aliphatic heterocycles. The molecule has 6 heteroatoms. The molecule has 0 fully saturated rings. The molecular formula is C14H17N3O2S. The molecule has 0 unspecified atom stereocenters. The van der Waals surface area contributed by atoms with Gasteiger partial charge in [-0.05, 0) is 31.2 Å². The van der Waals surface area contributed by atoms with Crippen LogP contribution in [0.1, 0.15) is 6.92 Å². The number of para-hydroxylation sites is 1. The number of aromatic nitrogens is 1. The molecule has 0 amide bonds. The Morgan fingerprint density at radius 3 is 2.40 bits per heavy atom. The summed E-state index contributed by atoms with van der Waals surface area (Å²) in [5.41, 5.74) is 0.614. The van der Waals surface area contributed by atoms with E-state index in [0.717, 1.165) is 6.54 Å². The molecule has 2 aromatic rings. The third-order valence-corrected chi connectivity index (χ3v) is 4.64. The smallest absolute Gasteiger partial charge is 0.265 e. The van der Waals surface area contributed by atoms with Crippen molar-refractivity contribution in [3.05, 3.63) is 48.7 Å². The van der Waals surface area contributed by atoms with E-state index in [4.69, 9.17) is 0 Å². The first kappa shape index (κ1) is 14.3. The highest BCUT2D eigenvalue weighted by atomic mass is 32.2. The zero-order chi connectivity index (χ0) is 14.6. The Hall–Kier alpha value is -2.08. The summed E-state index contributed by atoms with van der Waals surface area (Å²) in [6.45, 7) is 2.69. The van der Waals surface area contributed by atoms with E-state index in [2.05, 4.69) is 10.3 Å². The molecular weight excluding hydrogens is 274 g/mol. The lowest BCUT2D eigenvalue weighted by Gasteiger charge is -2.19. The molecule has 1 heterocycles. The van der Waals surface area contributed by atoms with Gasteiger partial charge < -0.3 is 5.32 Å². The van der Waals surface area contributed by atoms with Gasteiger partial charge in [-0.15, -0.1) is 0 Å². The fourth-order valence-corrected chi connectivity index (χ4v) is 2.89. The highest BCUT2D eigenvalue weighted by molar-refractivity contribution is 7.92. The summed E-state index contributed by atoms with van der Waals surface area (Å²) in [7, 11) is -2.05. The molecule has 0 radical (unpaired) electrons. The first-order valence-corrected chi connectivity index (χ1v) is 7.73. The molecule has 0 bridgehead atoms. The van der Waals surface area contributed by atoms with Crippen molar-refractivity contribution in [1.29, 1.82) is 0 Å². The van der Waals surface area contributed by atoms with Crippen LogP contribution in [0.25, 0.3) is 0 Å². The van der Waals surface area contributed by atoms with Crippen LogP contribution in [0, 0.1) is 0 Å². The minimum absolute atomic E-state index is 0.172. The number of sulfonamides is 1. The van der Waals surface area contributed by atoms with Gasteiger partial charge in [-0.3, -0.25) is 4.31 Å². The SMILES string of the molecule is CCNc1ccc(S(=O)(=O)N(C)c2ccccc2)cn1. The Kier molecular flexibility index (Phi) is 4.24. The van der Waals surface area contributed by atoms with Crippen molar-refractivity contribution in [1.82, 2.24) is 4.98 Å². The standard InChI is InChI=1S/C14H17N3O2S/c1-3-15-14-10-9-13(11-16-14)20(18,19)17(2)12-7-5-4-6-8-12/h4-11H,3H2,1-2H3,(H,15,16). The van der Waals surface area contributed by atoms with Crippen LogP contribution < -0.4 is 9.62 Å². The number of anilines is 2. The molecule has 1 aromatic carbocycles. The van der Waals surface area contributed by atoms with Crippen molar-refractivity contribution < 1.29 is 8.42 Å². The molecule has 2 rings (SSSR count). The summed E-state index contributed by atoms with van der Waals surface area (Å²) in [4.78, 5) is 4.27. The molecule has 0 aliphatic carbocycles. The third kappa shape index (κ3) is 2.91. The van der Waals surface area contributed by atoms with Crippen LogP contribution in [0.5, 0.6) is 0 Å². The van der Waals surface area contributed by atoms with Gasteiger partial charge in [0.2, 0.25) is 0 Å². The van der Waals surface area contributed by atoms with Crippen molar-refractivity contribution in [2.45, 2.75) is 11.8 Å². The minimum atomic E-state index is -3.58. The van der Waals surface area contributed by atoms with Gasteiger partial charge in [0.25, 0.3) is 10.0 Å². The summed E-state index contributed by atoms with van der Waals surface area (Å²) in [5, 5.41) is 3.03. The van der Waals surface area contributed by atoms with Gasteiger partial charge in [0.05, 0.1) is 5.69 Å². The Labute approximate surface area is 119 Å². The zero-order valence-electron chi connectivity index (χ0n) is 11.4. The van der Waals surface area contributed by atoms with Gasteiger partial charge in [-0.25, -0.2) is 13.4 Å². The monoisotopic (exact) mass is 291 g/mol. The minimum Gasteiger partial charge on any atom is -0.370 e. The number of benzene rings is 1. The van der Waals surface area contributed by atoms with E-state index in [1.807, 2.05) is 13.0 Å². The Bertz CT molecular complexity index is 655. The van der Waals surface area contributed by atoms with Gasteiger partial charge in [-0.1, -0.05) is 18.2 Å². The zero-order valence-corrected chi connectivity index (χ0v) is 12.3. The van der Waals surface area contributed by atoms with E-state index in [-0.39, 0.29) is 4.90 Å². The van der Waals surface area contributed by atoms with Gasteiger partial charge in [0, 0.05) is 19.8 Å². The van der Waals surface area contributed by atoms with E-state index in [1.165, 1.54) is 17.5 Å². The lowest BCUT2D eigenvalue weighted by molar-refractivity contribution is 0.594. The average Bonchev–Trinajstić information content (AvgIpc) is 2.48. The van der Waals surface area contributed by atoms with Crippen LogP contribution in [0.2, 0.25) is 0 Å². The number of hydrogen-bond donors (Lipinski definition) is 1. The van der Waals surface area contributed by atoms with Gasteiger partial charge in [-0.2, -0.15) is 0 Å². The highest BCUT2D eigenvalue weighted by Gasteiger charge is 2.21. The molecule has 0 saturated heterocycles. The lowest BCUT2D eigenvalue weighted by atomic mass is 10.3. The molecule has 0 atom stereocenters. The van der Waals surface area contributed by atoms with Gasteiger partial charge in [0.1, 0.15) is 10.7 Å². The van der Waals surface area contributed by atoms with Crippen molar-refractivity contribution in [2.24, 2.45) is 0 Å². The Balaban J connectivity index is 2.30. The van der Waals surface area contributed by atoms with Crippen LogP contribution in [0.4, 0.5) is 11.5 Å². The number of hydrogen-bond acceptors (Lipinski definition) is 4. The van der Waals surface area contributed by atoms with Crippen LogP contribution in [0.15, 0.2) is 53.6 Å².